The zero-order chi connectivity index (χ0) is 28.6. The van der Waals surface area contributed by atoms with Gasteiger partial charge in [0.2, 0.25) is 0 Å². The van der Waals surface area contributed by atoms with Crippen molar-refractivity contribution in [1.82, 2.24) is 15.0 Å². The van der Waals surface area contributed by atoms with Crippen LogP contribution >= 0.6 is 11.3 Å². The average Bonchev–Trinajstić information content (AvgIpc) is 3.48. The third-order valence-corrected chi connectivity index (χ3v) is 9.01. The highest BCUT2D eigenvalue weighted by molar-refractivity contribution is 7.26. The third kappa shape index (κ3) is 4.78. The molecule has 0 radical (unpaired) electrons. The topological polar surface area (TPSA) is 38.7 Å². The van der Waals surface area contributed by atoms with E-state index in [-0.39, 0.29) is 0 Å². The number of hydrogen-bond donors (Lipinski definition) is 0. The molecule has 0 fully saturated rings. The Bertz CT molecular complexity index is 2170. The second-order valence-electron chi connectivity index (χ2n) is 10.5. The van der Waals surface area contributed by atoms with E-state index < -0.39 is 0 Å². The second-order valence-corrected chi connectivity index (χ2v) is 11.6. The highest BCUT2D eigenvalue weighted by Gasteiger charge is 2.15. The maximum absolute atomic E-state index is 5.13. The Morgan fingerprint density at radius 1 is 0.419 bits per heavy atom. The van der Waals surface area contributed by atoms with E-state index in [4.69, 9.17) is 9.97 Å². The molecule has 0 saturated heterocycles. The van der Waals surface area contributed by atoms with Crippen molar-refractivity contribution in [2.45, 2.75) is 0 Å². The predicted octanol–water partition coefficient (Wildman–Crippen LogP) is 10.6. The lowest BCUT2D eigenvalue weighted by Gasteiger charge is -2.13. The van der Waals surface area contributed by atoms with Gasteiger partial charge in [0, 0.05) is 49.3 Å². The van der Waals surface area contributed by atoms with Crippen molar-refractivity contribution in [2.24, 2.45) is 0 Å². The van der Waals surface area contributed by atoms with E-state index in [0.717, 1.165) is 33.6 Å². The number of thiophene rings is 1. The molecule has 0 bridgehead atoms. The van der Waals surface area contributed by atoms with Crippen LogP contribution in [0.3, 0.4) is 0 Å². The molecular formula is C39H25N3S. The standard InChI is InChI=1S/C39H25N3S/c1-3-10-26(11-4-1)29-22-30(32-15-9-16-34-33-14-7-8-17-37(33)43-38(32)34)24-31(23-29)36-25-35(27-12-5-2-6-13-27)41-39(42-36)28-18-20-40-21-19-28/h1-25H. The van der Waals surface area contributed by atoms with Crippen LogP contribution in [0.15, 0.2) is 152 Å². The Morgan fingerprint density at radius 3 is 1.84 bits per heavy atom. The van der Waals surface area contributed by atoms with Crippen LogP contribution in [-0.2, 0) is 0 Å². The number of nitrogens with zero attached hydrogens (tertiary/aromatic N) is 3. The number of fused-ring (bicyclic) bond motifs is 3. The van der Waals surface area contributed by atoms with Gasteiger partial charge in [-0.15, -0.1) is 11.3 Å². The lowest BCUT2D eigenvalue weighted by molar-refractivity contribution is 1.18. The molecule has 0 amide bonds. The summed E-state index contributed by atoms with van der Waals surface area (Å²) in [4.78, 5) is 14.3. The van der Waals surface area contributed by atoms with Gasteiger partial charge in [-0.3, -0.25) is 4.98 Å². The van der Waals surface area contributed by atoms with Gasteiger partial charge in [0.25, 0.3) is 0 Å². The van der Waals surface area contributed by atoms with Crippen molar-refractivity contribution in [2.75, 3.05) is 0 Å². The first kappa shape index (κ1) is 25.3. The molecule has 0 spiro atoms. The van der Waals surface area contributed by atoms with Crippen LogP contribution in [0.4, 0.5) is 0 Å². The first-order valence-corrected chi connectivity index (χ1v) is 15.1. The Balaban J connectivity index is 1.38. The Morgan fingerprint density at radius 2 is 1.05 bits per heavy atom. The van der Waals surface area contributed by atoms with Gasteiger partial charge in [-0.25, -0.2) is 9.97 Å². The van der Waals surface area contributed by atoms with Gasteiger partial charge in [-0.05, 0) is 64.7 Å². The van der Waals surface area contributed by atoms with Crippen molar-refractivity contribution in [3.63, 3.8) is 0 Å². The summed E-state index contributed by atoms with van der Waals surface area (Å²) in [5.41, 5.74) is 9.50. The van der Waals surface area contributed by atoms with E-state index >= 15 is 0 Å². The van der Waals surface area contributed by atoms with Gasteiger partial charge in [-0.1, -0.05) is 97.1 Å². The van der Waals surface area contributed by atoms with Gasteiger partial charge in [-0.2, -0.15) is 0 Å². The summed E-state index contributed by atoms with van der Waals surface area (Å²) in [6.07, 6.45) is 3.57. The first-order valence-electron chi connectivity index (χ1n) is 14.3. The largest absolute Gasteiger partial charge is 0.265 e. The fraction of sp³-hybridized carbons (Fsp3) is 0. The normalized spacial score (nSPS) is 11.3. The molecule has 5 aromatic carbocycles. The first-order chi connectivity index (χ1) is 21.3. The van der Waals surface area contributed by atoms with Crippen molar-refractivity contribution in [3.05, 3.63) is 152 Å². The average molecular weight is 568 g/mol. The van der Waals surface area contributed by atoms with Gasteiger partial charge in [0.15, 0.2) is 5.82 Å². The summed E-state index contributed by atoms with van der Waals surface area (Å²) in [5.74, 6) is 0.678. The molecule has 4 heteroatoms. The molecule has 0 aliphatic rings. The lowest BCUT2D eigenvalue weighted by Crippen LogP contribution is -1.96. The van der Waals surface area contributed by atoms with Gasteiger partial charge < -0.3 is 0 Å². The number of pyridine rings is 1. The van der Waals surface area contributed by atoms with E-state index in [1.165, 1.54) is 36.9 Å². The van der Waals surface area contributed by atoms with Crippen LogP contribution < -0.4 is 0 Å². The molecule has 3 nitrogen and oxygen atoms in total. The molecular weight excluding hydrogens is 543 g/mol. The highest BCUT2D eigenvalue weighted by Crippen LogP contribution is 2.42. The van der Waals surface area contributed by atoms with E-state index in [9.17, 15) is 0 Å². The zero-order valence-corrected chi connectivity index (χ0v) is 24.0. The van der Waals surface area contributed by atoms with Crippen molar-refractivity contribution in [3.8, 4) is 56.2 Å². The molecule has 0 saturated carbocycles. The Labute approximate surface area is 253 Å². The molecule has 0 N–H and O–H groups in total. The van der Waals surface area contributed by atoms with Gasteiger partial charge in [0.1, 0.15) is 0 Å². The molecule has 0 aliphatic heterocycles. The van der Waals surface area contributed by atoms with Crippen molar-refractivity contribution in [1.29, 1.82) is 0 Å². The number of aromatic nitrogens is 3. The fourth-order valence-electron chi connectivity index (χ4n) is 5.68. The molecule has 0 aliphatic carbocycles. The molecule has 3 aromatic heterocycles. The quantitative estimate of drug-likeness (QED) is 0.208. The zero-order valence-electron chi connectivity index (χ0n) is 23.2. The van der Waals surface area contributed by atoms with E-state index in [2.05, 4.69) is 114 Å². The van der Waals surface area contributed by atoms with Crippen molar-refractivity contribution >= 4 is 31.5 Å². The maximum atomic E-state index is 5.13. The number of benzene rings is 5. The van der Waals surface area contributed by atoms with E-state index in [1.807, 2.05) is 41.7 Å². The summed E-state index contributed by atoms with van der Waals surface area (Å²) in [7, 11) is 0. The third-order valence-electron chi connectivity index (χ3n) is 7.79. The van der Waals surface area contributed by atoms with Gasteiger partial charge >= 0.3 is 0 Å². The smallest absolute Gasteiger partial charge is 0.160 e. The Hall–Kier alpha value is -5.45. The molecule has 0 unspecified atom stereocenters. The summed E-state index contributed by atoms with van der Waals surface area (Å²) in [5, 5.41) is 2.59. The minimum absolute atomic E-state index is 0.678. The molecule has 43 heavy (non-hydrogen) atoms. The lowest BCUT2D eigenvalue weighted by atomic mass is 9.94. The molecule has 202 valence electrons. The summed E-state index contributed by atoms with van der Waals surface area (Å²) >= 11 is 1.85. The molecule has 0 atom stereocenters. The second kappa shape index (κ2) is 10.8. The van der Waals surface area contributed by atoms with Crippen LogP contribution in [0, 0.1) is 0 Å². The van der Waals surface area contributed by atoms with Crippen LogP contribution in [0.5, 0.6) is 0 Å². The minimum Gasteiger partial charge on any atom is -0.265 e. The predicted molar refractivity (Wildman–Crippen MR) is 180 cm³/mol. The van der Waals surface area contributed by atoms with Crippen molar-refractivity contribution < 1.29 is 0 Å². The summed E-state index contributed by atoms with van der Waals surface area (Å²) in [6, 6.07) is 49.0. The van der Waals surface area contributed by atoms with Crippen LogP contribution in [0.25, 0.3) is 76.3 Å². The maximum Gasteiger partial charge on any atom is 0.160 e. The Kier molecular flexibility index (Phi) is 6.32. The van der Waals surface area contributed by atoms with Crippen LogP contribution in [-0.4, -0.2) is 15.0 Å². The monoisotopic (exact) mass is 567 g/mol. The number of hydrogen-bond acceptors (Lipinski definition) is 4. The summed E-state index contributed by atoms with van der Waals surface area (Å²) < 4.78 is 2.60. The van der Waals surface area contributed by atoms with Gasteiger partial charge in [0.05, 0.1) is 11.4 Å². The minimum atomic E-state index is 0.678. The highest BCUT2D eigenvalue weighted by atomic mass is 32.1. The molecule has 3 heterocycles. The molecule has 8 aromatic rings. The molecule has 8 rings (SSSR count). The fourth-order valence-corrected chi connectivity index (χ4v) is 6.92. The van der Waals surface area contributed by atoms with Crippen LogP contribution in [0.1, 0.15) is 0 Å². The number of rotatable bonds is 5. The van der Waals surface area contributed by atoms with E-state index in [0.29, 0.717) is 5.82 Å². The van der Waals surface area contributed by atoms with Crippen LogP contribution in [0.2, 0.25) is 0 Å². The van der Waals surface area contributed by atoms with E-state index in [1.54, 1.807) is 12.4 Å². The summed E-state index contributed by atoms with van der Waals surface area (Å²) in [6.45, 7) is 0. The SMILES string of the molecule is c1ccc(-c2cc(-c3cc(-c4ccccc4)nc(-c4ccncc4)n3)cc(-c3cccc4c3sc3ccccc34)c2)cc1.